The number of benzene rings is 2. The highest BCUT2D eigenvalue weighted by Crippen LogP contribution is 2.37. The minimum atomic E-state index is -0.537. The zero-order chi connectivity index (χ0) is 17.2. The summed E-state index contributed by atoms with van der Waals surface area (Å²) in [6, 6.07) is 19.3. The molecule has 0 unspecified atom stereocenters. The molecule has 0 saturated carbocycles. The lowest BCUT2D eigenvalue weighted by molar-refractivity contribution is 0.432. The first-order chi connectivity index (χ1) is 12.3. The highest BCUT2D eigenvalue weighted by molar-refractivity contribution is 6.38. The van der Waals surface area contributed by atoms with Crippen molar-refractivity contribution in [2.24, 2.45) is 0 Å². The van der Waals surface area contributed by atoms with E-state index in [2.05, 4.69) is 15.3 Å². The number of alkyl halides is 1. The first kappa shape index (κ1) is 15.7. The molecule has 2 aromatic carbocycles. The smallest absolute Gasteiger partial charge is 0.182 e. The van der Waals surface area contributed by atoms with E-state index in [0.717, 1.165) is 11.1 Å². The molecule has 0 aliphatic carbocycles. The van der Waals surface area contributed by atoms with Gasteiger partial charge in [0, 0.05) is 11.1 Å². The molecule has 0 fully saturated rings. The Kier molecular flexibility index (Phi) is 4.15. The van der Waals surface area contributed by atoms with Gasteiger partial charge in [0.2, 0.25) is 0 Å². The van der Waals surface area contributed by atoms with Crippen LogP contribution in [0.15, 0.2) is 60.7 Å². The summed E-state index contributed by atoms with van der Waals surface area (Å²) in [5.74, 6) is 0. The number of aryl methyl sites for hydroxylation is 1. The third kappa shape index (κ3) is 2.76. The van der Waals surface area contributed by atoms with Gasteiger partial charge in [0.15, 0.2) is 5.65 Å². The predicted molar refractivity (Wildman–Crippen MR) is 97.2 cm³/mol. The number of nitrogens with zero attached hydrogens (tertiary/aromatic N) is 4. The average molecular weight is 353 g/mol. The zero-order valence-electron chi connectivity index (χ0n) is 13.2. The SMILES string of the molecule is FCCn1nc(-c2ccccc2)c2c(Cl)c(-c3ccccc3)nnc21. The first-order valence-corrected chi connectivity index (χ1v) is 8.27. The Morgan fingerprint density at radius 2 is 1.44 bits per heavy atom. The second-order valence-corrected chi connectivity index (χ2v) is 5.93. The number of hydrogen-bond acceptors (Lipinski definition) is 3. The number of aromatic nitrogens is 4. The van der Waals surface area contributed by atoms with Crippen molar-refractivity contribution < 1.29 is 4.39 Å². The van der Waals surface area contributed by atoms with Gasteiger partial charge in [-0.05, 0) is 0 Å². The molecule has 0 saturated heterocycles. The van der Waals surface area contributed by atoms with Gasteiger partial charge in [0.25, 0.3) is 0 Å². The van der Waals surface area contributed by atoms with E-state index in [-0.39, 0.29) is 6.54 Å². The van der Waals surface area contributed by atoms with Crippen molar-refractivity contribution in [3.63, 3.8) is 0 Å². The fourth-order valence-corrected chi connectivity index (χ4v) is 3.15. The fourth-order valence-electron chi connectivity index (χ4n) is 2.83. The first-order valence-electron chi connectivity index (χ1n) is 7.89. The summed E-state index contributed by atoms with van der Waals surface area (Å²) in [6.45, 7) is -0.427. The minimum absolute atomic E-state index is 0.110. The summed E-state index contributed by atoms with van der Waals surface area (Å²) < 4.78 is 14.4. The van der Waals surface area contributed by atoms with E-state index >= 15 is 0 Å². The topological polar surface area (TPSA) is 43.6 Å². The van der Waals surface area contributed by atoms with E-state index in [0.29, 0.717) is 27.4 Å². The zero-order valence-corrected chi connectivity index (χ0v) is 14.0. The molecule has 6 heteroatoms. The Balaban J connectivity index is 2.01. The van der Waals surface area contributed by atoms with Crippen LogP contribution in [0.4, 0.5) is 4.39 Å². The van der Waals surface area contributed by atoms with Gasteiger partial charge in [-0.3, -0.25) is 0 Å². The molecule has 2 heterocycles. The monoisotopic (exact) mass is 352 g/mol. The summed E-state index contributed by atoms with van der Waals surface area (Å²) in [4.78, 5) is 0. The molecule has 4 nitrogen and oxygen atoms in total. The molecular weight excluding hydrogens is 339 g/mol. The van der Waals surface area contributed by atoms with Crippen LogP contribution in [0.25, 0.3) is 33.5 Å². The number of hydrogen-bond donors (Lipinski definition) is 0. The summed E-state index contributed by atoms with van der Waals surface area (Å²) in [5.41, 5.74) is 3.53. The lowest BCUT2D eigenvalue weighted by atomic mass is 10.1. The lowest BCUT2D eigenvalue weighted by Gasteiger charge is -2.05. The van der Waals surface area contributed by atoms with Crippen LogP contribution in [-0.4, -0.2) is 26.7 Å². The maximum atomic E-state index is 12.9. The van der Waals surface area contributed by atoms with Crippen molar-refractivity contribution in [2.45, 2.75) is 6.54 Å². The molecule has 0 aliphatic rings. The molecule has 0 N–H and O–H groups in total. The number of rotatable bonds is 4. The van der Waals surface area contributed by atoms with Crippen LogP contribution in [-0.2, 0) is 6.54 Å². The second-order valence-electron chi connectivity index (χ2n) is 5.55. The van der Waals surface area contributed by atoms with Gasteiger partial charge < -0.3 is 0 Å². The predicted octanol–water partition coefficient (Wildman–Crippen LogP) is 4.78. The van der Waals surface area contributed by atoms with Crippen LogP contribution in [0, 0.1) is 0 Å². The molecule has 2 aromatic heterocycles. The molecule has 0 aliphatic heterocycles. The van der Waals surface area contributed by atoms with Gasteiger partial charge in [-0.15, -0.1) is 10.2 Å². The average Bonchev–Trinajstić information content (AvgIpc) is 3.03. The highest BCUT2D eigenvalue weighted by atomic mass is 35.5. The van der Waals surface area contributed by atoms with E-state index in [1.165, 1.54) is 4.68 Å². The minimum Gasteiger partial charge on any atom is -0.249 e. The number of fused-ring (bicyclic) bond motifs is 1. The Bertz CT molecular complexity index is 1020. The molecule has 4 rings (SSSR count). The van der Waals surface area contributed by atoms with E-state index < -0.39 is 6.67 Å². The van der Waals surface area contributed by atoms with Crippen LogP contribution in [0.1, 0.15) is 0 Å². The lowest BCUT2D eigenvalue weighted by Crippen LogP contribution is -2.03. The molecule has 0 bridgehead atoms. The highest BCUT2D eigenvalue weighted by Gasteiger charge is 2.20. The van der Waals surface area contributed by atoms with Gasteiger partial charge in [-0.1, -0.05) is 72.3 Å². The van der Waals surface area contributed by atoms with Crippen molar-refractivity contribution in [2.75, 3.05) is 6.67 Å². The third-order valence-electron chi connectivity index (χ3n) is 3.99. The molecular formula is C19H14ClFN4. The summed E-state index contributed by atoms with van der Waals surface area (Å²) in [5, 5.41) is 14.2. The third-order valence-corrected chi connectivity index (χ3v) is 4.36. The van der Waals surface area contributed by atoms with Gasteiger partial charge in [-0.25, -0.2) is 9.07 Å². The van der Waals surface area contributed by atoms with Crippen molar-refractivity contribution in [1.82, 2.24) is 20.0 Å². The summed E-state index contributed by atoms with van der Waals surface area (Å²) in [6.07, 6.45) is 0. The van der Waals surface area contributed by atoms with Crippen LogP contribution in [0.3, 0.4) is 0 Å². The Labute approximate surface area is 148 Å². The Morgan fingerprint density at radius 1 is 0.840 bits per heavy atom. The molecule has 0 amide bonds. The van der Waals surface area contributed by atoms with Gasteiger partial charge in [-0.2, -0.15) is 5.10 Å². The standard InChI is InChI=1S/C19H14ClFN4/c20-16-15-17(13-7-3-1-4-8-13)24-25(12-11-21)19(15)23-22-18(16)14-9-5-2-6-10-14/h1-10H,11-12H2. The van der Waals surface area contributed by atoms with E-state index in [4.69, 9.17) is 11.6 Å². The van der Waals surface area contributed by atoms with E-state index in [9.17, 15) is 4.39 Å². The second kappa shape index (κ2) is 6.61. The molecule has 0 radical (unpaired) electrons. The molecule has 0 spiro atoms. The molecule has 124 valence electrons. The quantitative estimate of drug-likeness (QED) is 0.530. The maximum absolute atomic E-state index is 12.9. The molecule has 0 atom stereocenters. The van der Waals surface area contributed by atoms with Crippen LogP contribution in [0.5, 0.6) is 0 Å². The summed E-state index contributed by atoms with van der Waals surface area (Å²) in [7, 11) is 0. The normalized spacial score (nSPS) is 11.1. The molecule has 25 heavy (non-hydrogen) atoms. The van der Waals surface area contributed by atoms with E-state index in [1.54, 1.807) is 0 Å². The van der Waals surface area contributed by atoms with E-state index in [1.807, 2.05) is 60.7 Å². The molecule has 4 aromatic rings. The fraction of sp³-hybridized carbons (Fsp3) is 0.105. The van der Waals surface area contributed by atoms with Gasteiger partial charge in [0.1, 0.15) is 18.1 Å². The van der Waals surface area contributed by atoms with Crippen LogP contribution in [0.2, 0.25) is 5.02 Å². The summed E-state index contributed by atoms with van der Waals surface area (Å²) >= 11 is 6.70. The largest absolute Gasteiger partial charge is 0.249 e. The van der Waals surface area contributed by atoms with Crippen molar-refractivity contribution in [3.05, 3.63) is 65.7 Å². The Morgan fingerprint density at radius 3 is 2.04 bits per heavy atom. The van der Waals surface area contributed by atoms with Crippen molar-refractivity contribution >= 4 is 22.6 Å². The van der Waals surface area contributed by atoms with Gasteiger partial charge in [0.05, 0.1) is 17.0 Å². The van der Waals surface area contributed by atoms with Crippen LogP contribution < -0.4 is 0 Å². The van der Waals surface area contributed by atoms with Crippen LogP contribution >= 0.6 is 11.6 Å². The number of halogens is 2. The maximum Gasteiger partial charge on any atom is 0.182 e. The van der Waals surface area contributed by atoms with Crippen molar-refractivity contribution in [3.8, 4) is 22.5 Å². The Hall–Kier alpha value is -2.79. The van der Waals surface area contributed by atoms with Gasteiger partial charge >= 0.3 is 0 Å². The van der Waals surface area contributed by atoms with Crippen molar-refractivity contribution in [1.29, 1.82) is 0 Å².